The van der Waals surface area contributed by atoms with E-state index >= 15 is 0 Å². The Morgan fingerprint density at radius 3 is 2.30 bits per heavy atom. The highest BCUT2D eigenvalue weighted by Crippen LogP contribution is 2.29. The van der Waals surface area contributed by atoms with Crippen molar-refractivity contribution in [1.29, 1.82) is 0 Å². The van der Waals surface area contributed by atoms with Crippen LogP contribution in [0.25, 0.3) is 0 Å². The van der Waals surface area contributed by atoms with Gasteiger partial charge in [-0.15, -0.1) is 0 Å². The standard InChI is InChI=1S/C24H24ClFN2O4S/c1-3-32-23-14-13-21(15-22(23)25)33(30,31)28(16-18-7-5-4-6-8-18)17-24(29)27(2)20-11-9-19(26)10-12-20/h4-15H,3,16-17H2,1-2H3. The van der Waals surface area contributed by atoms with Crippen LogP contribution in [-0.2, 0) is 21.4 Å². The van der Waals surface area contributed by atoms with Gasteiger partial charge in [-0.25, -0.2) is 12.8 Å². The minimum atomic E-state index is -4.09. The van der Waals surface area contributed by atoms with E-state index in [-0.39, 0.29) is 16.5 Å². The third kappa shape index (κ3) is 6.10. The molecule has 0 aliphatic rings. The van der Waals surface area contributed by atoms with Crippen LogP contribution in [0.1, 0.15) is 12.5 Å². The summed E-state index contributed by atoms with van der Waals surface area (Å²) in [6, 6.07) is 18.6. The number of likely N-dealkylation sites (N-methyl/N-ethyl adjacent to an activating group) is 1. The highest BCUT2D eigenvalue weighted by atomic mass is 35.5. The molecule has 0 bridgehead atoms. The van der Waals surface area contributed by atoms with E-state index in [2.05, 4.69) is 0 Å². The van der Waals surface area contributed by atoms with Gasteiger partial charge in [-0.05, 0) is 55.0 Å². The number of rotatable bonds is 9. The first-order valence-electron chi connectivity index (χ1n) is 10.2. The normalized spacial score (nSPS) is 11.4. The summed E-state index contributed by atoms with van der Waals surface area (Å²) in [4.78, 5) is 14.2. The van der Waals surface area contributed by atoms with Crippen LogP contribution >= 0.6 is 11.6 Å². The molecule has 0 atom stereocenters. The molecule has 0 aliphatic carbocycles. The van der Waals surface area contributed by atoms with Crippen molar-refractivity contribution in [2.75, 3.05) is 25.1 Å². The highest BCUT2D eigenvalue weighted by molar-refractivity contribution is 7.89. The lowest BCUT2D eigenvalue weighted by atomic mass is 10.2. The fourth-order valence-corrected chi connectivity index (χ4v) is 4.85. The van der Waals surface area contributed by atoms with Crippen LogP contribution in [0.15, 0.2) is 77.7 Å². The zero-order valence-electron chi connectivity index (χ0n) is 18.2. The van der Waals surface area contributed by atoms with Gasteiger partial charge in [0.05, 0.1) is 23.1 Å². The van der Waals surface area contributed by atoms with Crippen molar-refractivity contribution in [3.63, 3.8) is 0 Å². The Kier molecular flexibility index (Phi) is 8.07. The smallest absolute Gasteiger partial charge is 0.243 e. The maximum atomic E-state index is 13.5. The average Bonchev–Trinajstić information content (AvgIpc) is 2.80. The molecule has 0 N–H and O–H groups in total. The van der Waals surface area contributed by atoms with E-state index < -0.39 is 28.3 Å². The van der Waals surface area contributed by atoms with Gasteiger partial charge in [0, 0.05) is 19.3 Å². The van der Waals surface area contributed by atoms with Crippen molar-refractivity contribution in [1.82, 2.24) is 4.31 Å². The molecule has 3 aromatic carbocycles. The van der Waals surface area contributed by atoms with Crippen molar-refractivity contribution in [3.05, 3.63) is 89.2 Å². The monoisotopic (exact) mass is 490 g/mol. The van der Waals surface area contributed by atoms with Crippen molar-refractivity contribution < 1.29 is 22.3 Å². The zero-order chi connectivity index (χ0) is 24.0. The molecule has 0 saturated heterocycles. The Bertz CT molecular complexity index is 1200. The van der Waals surface area contributed by atoms with Crippen LogP contribution in [0.4, 0.5) is 10.1 Å². The lowest BCUT2D eigenvalue weighted by Gasteiger charge is -2.25. The summed E-state index contributed by atoms with van der Waals surface area (Å²) in [6.45, 7) is 1.74. The molecular weight excluding hydrogens is 467 g/mol. The van der Waals surface area contributed by atoms with E-state index in [1.165, 1.54) is 54.4 Å². The minimum absolute atomic E-state index is 0.0169. The summed E-state index contributed by atoms with van der Waals surface area (Å²) in [7, 11) is -2.57. The molecular formula is C24H24ClFN2O4S. The number of anilines is 1. The predicted molar refractivity (Wildman–Crippen MR) is 126 cm³/mol. The molecule has 0 unspecified atom stereocenters. The lowest BCUT2D eigenvalue weighted by molar-refractivity contribution is -0.118. The molecule has 3 rings (SSSR count). The van der Waals surface area contributed by atoms with E-state index in [4.69, 9.17) is 16.3 Å². The summed E-state index contributed by atoms with van der Waals surface area (Å²) in [5, 5.41) is 0.160. The molecule has 3 aromatic rings. The topological polar surface area (TPSA) is 66.9 Å². The summed E-state index contributed by atoms with van der Waals surface area (Å²) >= 11 is 6.21. The second-order valence-electron chi connectivity index (χ2n) is 7.21. The highest BCUT2D eigenvalue weighted by Gasteiger charge is 2.29. The second-order valence-corrected chi connectivity index (χ2v) is 9.56. The van der Waals surface area contributed by atoms with Gasteiger partial charge in [-0.3, -0.25) is 4.79 Å². The first-order valence-corrected chi connectivity index (χ1v) is 12.0. The molecule has 0 heterocycles. The summed E-state index contributed by atoms with van der Waals surface area (Å²) in [6.07, 6.45) is 0. The van der Waals surface area contributed by atoms with Gasteiger partial charge < -0.3 is 9.64 Å². The van der Waals surface area contributed by atoms with E-state index in [9.17, 15) is 17.6 Å². The van der Waals surface area contributed by atoms with E-state index in [1.54, 1.807) is 31.2 Å². The summed E-state index contributed by atoms with van der Waals surface area (Å²) in [5.74, 6) is -0.529. The van der Waals surface area contributed by atoms with Crippen LogP contribution in [0, 0.1) is 5.82 Å². The number of ether oxygens (including phenoxy) is 1. The molecule has 0 radical (unpaired) electrons. The average molecular weight is 491 g/mol. The fraction of sp³-hybridized carbons (Fsp3) is 0.208. The van der Waals surface area contributed by atoms with Crippen LogP contribution in [0.5, 0.6) is 5.75 Å². The third-order valence-corrected chi connectivity index (χ3v) is 7.03. The molecule has 0 aliphatic heterocycles. The number of carbonyl (C=O) groups is 1. The number of benzene rings is 3. The van der Waals surface area contributed by atoms with Crippen LogP contribution in [-0.4, -0.2) is 38.8 Å². The van der Waals surface area contributed by atoms with Gasteiger partial charge in [0.15, 0.2) is 0 Å². The second kappa shape index (κ2) is 10.8. The molecule has 1 amide bonds. The quantitative estimate of drug-likeness (QED) is 0.435. The van der Waals surface area contributed by atoms with Gasteiger partial charge in [0.2, 0.25) is 15.9 Å². The fourth-order valence-electron chi connectivity index (χ4n) is 3.14. The number of carbonyl (C=O) groups excluding carboxylic acids is 1. The van der Waals surface area contributed by atoms with E-state index in [0.717, 1.165) is 9.87 Å². The molecule has 6 nitrogen and oxygen atoms in total. The third-order valence-electron chi connectivity index (χ3n) is 4.94. The Hall–Kier alpha value is -2.94. The predicted octanol–water partition coefficient (Wildman–Crippen LogP) is 4.73. The molecule has 174 valence electrons. The molecule has 33 heavy (non-hydrogen) atoms. The maximum Gasteiger partial charge on any atom is 0.243 e. The molecule has 9 heteroatoms. The molecule has 0 fully saturated rings. The molecule has 0 spiro atoms. The molecule has 0 saturated carbocycles. The molecule has 0 aromatic heterocycles. The number of halogens is 2. The van der Waals surface area contributed by atoms with Crippen molar-refractivity contribution in [2.24, 2.45) is 0 Å². The Labute approximate surface area is 198 Å². The largest absolute Gasteiger partial charge is 0.492 e. The van der Waals surface area contributed by atoms with Gasteiger partial charge in [-0.1, -0.05) is 41.9 Å². The van der Waals surface area contributed by atoms with Gasteiger partial charge in [0.25, 0.3) is 0 Å². The van der Waals surface area contributed by atoms with Gasteiger partial charge in [-0.2, -0.15) is 4.31 Å². The number of amides is 1. The van der Waals surface area contributed by atoms with Gasteiger partial charge in [0.1, 0.15) is 11.6 Å². The first-order chi connectivity index (χ1) is 15.7. The maximum absolute atomic E-state index is 13.5. The summed E-state index contributed by atoms with van der Waals surface area (Å²) < 4.78 is 46.7. The van der Waals surface area contributed by atoms with Crippen LogP contribution in [0.3, 0.4) is 0 Å². The lowest BCUT2D eigenvalue weighted by Crippen LogP contribution is -2.41. The van der Waals surface area contributed by atoms with E-state index in [1.807, 2.05) is 6.07 Å². The Morgan fingerprint density at radius 1 is 1.03 bits per heavy atom. The summed E-state index contributed by atoms with van der Waals surface area (Å²) in [5.41, 5.74) is 1.16. The number of sulfonamides is 1. The van der Waals surface area contributed by atoms with Crippen molar-refractivity contribution >= 4 is 33.2 Å². The number of hydrogen-bond donors (Lipinski definition) is 0. The van der Waals surface area contributed by atoms with Crippen LogP contribution in [0.2, 0.25) is 5.02 Å². The van der Waals surface area contributed by atoms with Gasteiger partial charge >= 0.3 is 0 Å². The van der Waals surface area contributed by atoms with Crippen molar-refractivity contribution in [2.45, 2.75) is 18.4 Å². The Morgan fingerprint density at radius 2 is 1.70 bits per heavy atom. The Balaban J connectivity index is 1.92. The van der Waals surface area contributed by atoms with Crippen molar-refractivity contribution in [3.8, 4) is 5.75 Å². The zero-order valence-corrected chi connectivity index (χ0v) is 19.8. The first kappa shape index (κ1) is 24.7. The van der Waals surface area contributed by atoms with Crippen LogP contribution < -0.4 is 9.64 Å². The minimum Gasteiger partial charge on any atom is -0.492 e. The SMILES string of the molecule is CCOc1ccc(S(=O)(=O)N(CC(=O)N(C)c2ccc(F)cc2)Cc2ccccc2)cc1Cl. The number of nitrogens with zero attached hydrogens (tertiary/aromatic N) is 2. The number of hydrogen-bond acceptors (Lipinski definition) is 4. The van der Waals surface area contributed by atoms with E-state index in [0.29, 0.717) is 18.0 Å².